The van der Waals surface area contributed by atoms with Gasteiger partial charge >= 0.3 is 11.9 Å². The highest BCUT2D eigenvalue weighted by atomic mass is 79.9. The largest absolute Gasteiger partial charge is 0.465 e. The molecule has 2 heterocycles. The Labute approximate surface area is 158 Å². The van der Waals surface area contributed by atoms with Gasteiger partial charge in [-0.1, -0.05) is 11.6 Å². The first-order chi connectivity index (χ1) is 11.3. The number of rotatable bonds is 2. The van der Waals surface area contributed by atoms with Gasteiger partial charge in [-0.05, 0) is 44.0 Å². The Morgan fingerprint density at radius 2 is 1.62 bits per heavy atom. The van der Waals surface area contributed by atoms with E-state index < -0.39 is 11.9 Å². The molecule has 7 nitrogen and oxygen atoms in total. The van der Waals surface area contributed by atoms with Gasteiger partial charge in [-0.15, -0.1) is 0 Å². The zero-order valence-electron chi connectivity index (χ0n) is 12.4. The Kier molecular flexibility index (Phi) is 8.09. The number of methoxy groups -OCH3 is 2. The predicted molar refractivity (Wildman–Crippen MR) is 94.4 cm³/mol. The van der Waals surface area contributed by atoms with Crippen LogP contribution in [0.4, 0.5) is 0 Å². The van der Waals surface area contributed by atoms with Crippen LogP contribution < -0.4 is 5.56 Å². The second-order valence-electron chi connectivity index (χ2n) is 4.05. The van der Waals surface area contributed by atoms with Crippen LogP contribution in [-0.4, -0.2) is 36.1 Å². The van der Waals surface area contributed by atoms with Gasteiger partial charge < -0.3 is 14.5 Å². The highest BCUT2D eigenvalue weighted by Crippen LogP contribution is 2.20. The fourth-order valence-electron chi connectivity index (χ4n) is 1.34. The number of H-pyrrole nitrogens is 1. The summed E-state index contributed by atoms with van der Waals surface area (Å²) in [7, 11) is 2.59. The van der Waals surface area contributed by atoms with E-state index in [1.807, 2.05) is 0 Å². The number of nitrogens with one attached hydrogen (secondary N) is 1. The molecule has 1 N–H and O–H groups in total. The number of nitrogens with zero attached hydrogens (tertiary/aromatic N) is 1. The van der Waals surface area contributed by atoms with Gasteiger partial charge in [0.1, 0.15) is 5.15 Å². The van der Waals surface area contributed by atoms with E-state index in [1.165, 1.54) is 32.7 Å². The number of ether oxygens (including phenoxy) is 2. The lowest BCUT2D eigenvalue weighted by atomic mass is 10.3. The van der Waals surface area contributed by atoms with Crippen molar-refractivity contribution in [1.29, 1.82) is 0 Å². The summed E-state index contributed by atoms with van der Waals surface area (Å²) >= 11 is 11.8. The molecule has 2 aromatic rings. The molecule has 0 saturated carbocycles. The van der Waals surface area contributed by atoms with Crippen LogP contribution in [0.25, 0.3) is 0 Å². The monoisotopic (exact) mass is 480 g/mol. The molecule has 0 amide bonds. The molecule has 0 bridgehead atoms. The van der Waals surface area contributed by atoms with E-state index in [1.54, 1.807) is 6.07 Å². The number of hydrogen-bond acceptors (Lipinski definition) is 6. The zero-order valence-corrected chi connectivity index (χ0v) is 16.4. The van der Waals surface area contributed by atoms with Crippen LogP contribution in [0.2, 0.25) is 5.15 Å². The van der Waals surface area contributed by atoms with Gasteiger partial charge in [0.2, 0.25) is 0 Å². The van der Waals surface area contributed by atoms with Gasteiger partial charge in [0.05, 0.1) is 34.3 Å². The van der Waals surface area contributed by atoms with Crippen LogP contribution in [-0.2, 0) is 9.47 Å². The lowest BCUT2D eigenvalue weighted by Gasteiger charge is -1.99. The number of carbonyl (C=O) groups excluding carboxylic acids is 2. The average Bonchev–Trinajstić information content (AvgIpc) is 2.58. The number of pyridine rings is 2. The minimum Gasteiger partial charge on any atom is -0.465 e. The number of esters is 2. The van der Waals surface area contributed by atoms with Gasteiger partial charge in [-0.2, -0.15) is 0 Å². The van der Waals surface area contributed by atoms with Crippen molar-refractivity contribution in [2.24, 2.45) is 0 Å². The van der Waals surface area contributed by atoms with Crippen molar-refractivity contribution in [1.82, 2.24) is 9.97 Å². The summed E-state index contributed by atoms with van der Waals surface area (Å²) in [6, 6.07) is 2.96. The van der Waals surface area contributed by atoms with Crippen molar-refractivity contribution in [2.75, 3.05) is 14.2 Å². The Balaban J connectivity index is 0.000000240. The second kappa shape index (κ2) is 9.55. The zero-order chi connectivity index (χ0) is 18.3. The molecule has 2 rings (SSSR count). The first kappa shape index (κ1) is 20.3. The van der Waals surface area contributed by atoms with Gasteiger partial charge in [0.15, 0.2) is 0 Å². The quantitative estimate of drug-likeness (QED) is 0.522. The minimum atomic E-state index is -0.480. The third-order valence-corrected chi connectivity index (χ3v) is 4.22. The van der Waals surface area contributed by atoms with E-state index in [9.17, 15) is 14.4 Å². The standard InChI is InChI=1S/C7H5BrClNO2.C7H6BrNO3/c1-12-7(11)4-2-5(8)6(9)10-3-4;1-12-7(11)4-2-5(8)6(10)9-3-4/h2-3H,1H3;2-3H,1H3,(H,9,10). The van der Waals surface area contributed by atoms with E-state index in [2.05, 4.69) is 51.3 Å². The van der Waals surface area contributed by atoms with E-state index in [-0.39, 0.29) is 5.56 Å². The summed E-state index contributed by atoms with van der Waals surface area (Å²) in [6.45, 7) is 0. The second-order valence-corrected chi connectivity index (χ2v) is 6.11. The molecule has 10 heteroatoms. The Morgan fingerprint density at radius 1 is 1.08 bits per heavy atom. The lowest BCUT2D eigenvalue weighted by molar-refractivity contribution is 0.0591. The molecule has 0 aliphatic carbocycles. The smallest absolute Gasteiger partial charge is 0.339 e. The van der Waals surface area contributed by atoms with Crippen LogP contribution in [0.5, 0.6) is 0 Å². The van der Waals surface area contributed by atoms with Crippen LogP contribution in [0, 0.1) is 0 Å². The van der Waals surface area contributed by atoms with Crippen LogP contribution in [0.3, 0.4) is 0 Å². The number of hydrogen-bond donors (Lipinski definition) is 1. The molecular formula is C14H11Br2ClN2O5. The van der Waals surface area contributed by atoms with E-state index in [0.717, 1.165) is 0 Å². The normalized spacial score (nSPS) is 9.54. The summed E-state index contributed by atoms with van der Waals surface area (Å²) < 4.78 is 9.82. The number of aromatic nitrogens is 2. The summed E-state index contributed by atoms with van der Waals surface area (Å²) in [5.74, 6) is -0.910. The molecule has 0 radical (unpaired) electrons. The maximum atomic E-state index is 11.0. The van der Waals surface area contributed by atoms with Crippen LogP contribution in [0.1, 0.15) is 20.7 Å². The Hall–Kier alpha value is -1.71. The molecule has 24 heavy (non-hydrogen) atoms. The van der Waals surface area contributed by atoms with E-state index in [4.69, 9.17) is 11.6 Å². The highest BCUT2D eigenvalue weighted by molar-refractivity contribution is 9.10. The third-order valence-electron chi connectivity index (χ3n) is 2.50. The SMILES string of the molecule is COC(=O)c1c[nH]c(=O)c(Br)c1.COC(=O)c1cnc(Cl)c(Br)c1. The van der Waals surface area contributed by atoms with Crippen molar-refractivity contribution < 1.29 is 19.1 Å². The molecule has 0 fully saturated rings. The molecule has 128 valence electrons. The highest BCUT2D eigenvalue weighted by Gasteiger charge is 2.08. The Bertz CT molecular complexity index is 810. The maximum Gasteiger partial charge on any atom is 0.339 e. The van der Waals surface area contributed by atoms with Gasteiger partial charge in [-0.25, -0.2) is 14.6 Å². The average molecular weight is 483 g/mol. The molecule has 0 unspecified atom stereocenters. The fraction of sp³-hybridized carbons (Fsp3) is 0.143. The van der Waals surface area contributed by atoms with Crippen molar-refractivity contribution in [3.8, 4) is 0 Å². The molecule has 0 aromatic carbocycles. The molecule has 0 aliphatic rings. The van der Waals surface area contributed by atoms with E-state index in [0.29, 0.717) is 25.2 Å². The Morgan fingerprint density at radius 3 is 2.12 bits per heavy atom. The topological polar surface area (TPSA) is 98.4 Å². The minimum absolute atomic E-state index is 0.275. The summed E-state index contributed by atoms with van der Waals surface area (Å²) in [5, 5.41) is 0.322. The molecule has 0 saturated heterocycles. The fourth-order valence-corrected chi connectivity index (χ4v) is 2.16. The van der Waals surface area contributed by atoms with Crippen molar-refractivity contribution in [3.63, 3.8) is 0 Å². The molecule has 0 spiro atoms. The molecular weight excluding hydrogens is 471 g/mol. The molecule has 2 aromatic heterocycles. The summed E-state index contributed by atoms with van der Waals surface area (Å²) in [5.41, 5.74) is 0.403. The van der Waals surface area contributed by atoms with Crippen LogP contribution in [0.15, 0.2) is 38.3 Å². The van der Waals surface area contributed by atoms with Crippen molar-refractivity contribution in [3.05, 3.63) is 60.1 Å². The van der Waals surface area contributed by atoms with E-state index >= 15 is 0 Å². The lowest BCUT2D eigenvalue weighted by Crippen LogP contribution is -2.10. The number of halogens is 3. The molecule has 0 atom stereocenters. The van der Waals surface area contributed by atoms with Crippen molar-refractivity contribution >= 4 is 55.4 Å². The maximum absolute atomic E-state index is 11.0. The number of carbonyl (C=O) groups is 2. The summed E-state index contributed by atoms with van der Waals surface area (Å²) in [4.78, 5) is 38.8. The predicted octanol–water partition coefficient (Wildman–Crippen LogP) is 3.21. The van der Waals surface area contributed by atoms with Crippen LogP contribution >= 0.6 is 43.5 Å². The van der Waals surface area contributed by atoms with Gasteiger partial charge in [-0.3, -0.25) is 4.79 Å². The van der Waals surface area contributed by atoms with Crippen molar-refractivity contribution in [2.45, 2.75) is 0 Å². The first-order valence-electron chi connectivity index (χ1n) is 6.16. The van der Waals surface area contributed by atoms with Gasteiger partial charge in [0, 0.05) is 12.4 Å². The summed E-state index contributed by atoms with van der Waals surface area (Å²) in [6.07, 6.45) is 2.66. The van der Waals surface area contributed by atoms with Gasteiger partial charge in [0.25, 0.3) is 5.56 Å². The number of aromatic amines is 1. The first-order valence-corrected chi connectivity index (χ1v) is 8.12. The molecule has 0 aliphatic heterocycles. The third kappa shape index (κ3) is 5.73.